The SMILES string of the molecule is CC1(C)CC(Nc2cccc(C#N)c2N)CCO1. The van der Waals surface area contributed by atoms with Crippen LogP contribution < -0.4 is 11.1 Å². The van der Waals surface area contributed by atoms with Crippen molar-refractivity contribution in [3.8, 4) is 6.07 Å². The molecule has 1 aromatic carbocycles. The Kier molecular flexibility index (Phi) is 3.44. The first kappa shape index (κ1) is 12.7. The lowest BCUT2D eigenvalue weighted by molar-refractivity contribution is -0.0553. The highest BCUT2D eigenvalue weighted by Crippen LogP contribution is 2.29. The Labute approximate surface area is 108 Å². The summed E-state index contributed by atoms with van der Waals surface area (Å²) < 4.78 is 5.68. The lowest BCUT2D eigenvalue weighted by Gasteiger charge is -2.36. The largest absolute Gasteiger partial charge is 0.396 e. The lowest BCUT2D eigenvalue weighted by atomic mass is 9.93. The molecule has 0 radical (unpaired) electrons. The first-order valence-corrected chi connectivity index (χ1v) is 6.21. The Morgan fingerprint density at radius 1 is 1.50 bits per heavy atom. The van der Waals surface area contributed by atoms with Gasteiger partial charge in [-0.3, -0.25) is 0 Å². The Balaban J connectivity index is 2.13. The molecule has 0 amide bonds. The van der Waals surface area contributed by atoms with Gasteiger partial charge in [0.1, 0.15) is 6.07 Å². The highest BCUT2D eigenvalue weighted by atomic mass is 16.5. The van der Waals surface area contributed by atoms with Crippen LogP contribution in [0.5, 0.6) is 0 Å². The summed E-state index contributed by atoms with van der Waals surface area (Å²) in [4.78, 5) is 0. The van der Waals surface area contributed by atoms with Gasteiger partial charge < -0.3 is 15.8 Å². The third kappa shape index (κ3) is 2.74. The molecule has 3 N–H and O–H groups in total. The van der Waals surface area contributed by atoms with Crippen LogP contribution in [0.2, 0.25) is 0 Å². The molecule has 96 valence electrons. The summed E-state index contributed by atoms with van der Waals surface area (Å²) in [5.74, 6) is 0. The number of anilines is 2. The molecule has 1 fully saturated rings. The smallest absolute Gasteiger partial charge is 0.101 e. The number of hydrogen-bond acceptors (Lipinski definition) is 4. The maximum Gasteiger partial charge on any atom is 0.101 e. The minimum atomic E-state index is -0.0997. The van der Waals surface area contributed by atoms with Crippen molar-refractivity contribution in [2.45, 2.75) is 38.3 Å². The number of ether oxygens (including phenoxy) is 1. The van der Waals surface area contributed by atoms with E-state index in [2.05, 4.69) is 25.2 Å². The molecule has 1 atom stereocenters. The van der Waals surface area contributed by atoms with Gasteiger partial charge in [0.05, 0.1) is 22.5 Å². The van der Waals surface area contributed by atoms with Crippen molar-refractivity contribution in [2.24, 2.45) is 0 Å². The number of para-hydroxylation sites is 1. The van der Waals surface area contributed by atoms with Gasteiger partial charge in [-0.15, -0.1) is 0 Å². The Bertz CT molecular complexity index is 476. The van der Waals surface area contributed by atoms with Gasteiger partial charge in [0.2, 0.25) is 0 Å². The standard InChI is InChI=1S/C14H19N3O/c1-14(2)8-11(6-7-18-14)17-12-5-3-4-10(9-15)13(12)16/h3-5,11,17H,6-8,16H2,1-2H3. The summed E-state index contributed by atoms with van der Waals surface area (Å²) in [6, 6.07) is 7.93. The topological polar surface area (TPSA) is 71.1 Å². The van der Waals surface area contributed by atoms with Crippen molar-refractivity contribution in [1.82, 2.24) is 0 Å². The third-order valence-electron chi connectivity index (χ3n) is 3.28. The van der Waals surface area contributed by atoms with Gasteiger partial charge in [-0.2, -0.15) is 5.26 Å². The predicted molar refractivity (Wildman–Crippen MR) is 72.2 cm³/mol. The summed E-state index contributed by atoms with van der Waals surface area (Å²) in [7, 11) is 0. The molecule has 4 heteroatoms. The molecule has 0 saturated carbocycles. The Morgan fingerprint density at radius 3 is 2.94 bits per heavy atom. The van der Waals surface area contributed by atoms with Gasteiger partial charge in [-0.05, 0) is 38.8 Å². The Hall–Kier alpha value is -1.73. The van der Waals surface area contributed by atoms with E-state index in [1.807, 2.05) is 12.1 Å². The molecule has 2 rings (SSSR count). The maximum absolute atomic E-state index is 8.95. The monoisotopic (exact) mass is 245 g/mol. The molecule has 0 bridgehead atoms. The van der Waals surface area contributed by atoms with Crippen molar-refractivity contribution >= 4 is 11.4 Å². The van der Waals surface area contributed by atoms with Crippen LogP contribution in [0.1, 0.15) is 32.3 Å². The van der Waals surface area contributed by atoms with Crippen LogP contribution >= 0.6 is 0 Å². The molecular weight excluding hydrogens is 226 g/mol. The fourth-order valence-corrected chi connectivity index (χ4v) is 2.36. The van der Waals surface area contributed by atoms with E-state index in [0.29, 0.717) is 17.3 Å². The number of hydrogen-bond donors (Lipinski definition) is 2. The molecule has 1 aliphatic heterocycles. The second kappa shape index (κ2) is 4.87. The highest BCUT2D eigenvalue weighted by Gasteiger charge is 2.28. The van der Waals surface area contributed by atoms with E-state index in [9.17, 15) is 0 Å². The molecule has 1 heterocycles. The van der Waals surface area contributed by atoms with E-state index < -0.39 is 0 Å². The van der Waals surface area contributed by atoms with E-state index in [-0.39, 0.29) is 5.60 Å². The first-order valence-electron chi connectivity index (χ1n) is 6.21. The number of nitrogens with two attached hydrogens (primary N) is 1. The summed E-state index contributed by atoms with van der Waals surface area (Å²) >= 11 is 0. The van der Waals surface area contributed by atoms with E-state index in [1.165, 1.54) is 0 Å². The number of nitrogen functional groups attached to an aromatic ring is 1. The second-order valence-corrected chi connectivity index (χ2v) is 5.32. The average molecular weight is 245 g/mol. The van der Waals surface area contributed by atoms with Crippen molar-refractivity contribution in [3.05, 3.63) is 23.8 Å². The van der Waals surface area contributed by atoms with E-state index in [1.54, 1.807) is 6.07 Å². The second-order valence-electron chi connectivity index (χ2n) is 5.32. The fourth-order valence-electron chi connectivity index (χ4n) is 2.36. The van der Waals surface area contributed by atoms with Crippen molar-refractivity contribution in [2.75, 3.05) is 17.7 Å². The van der Waals surface area contributed by atoms with Gasteiger partial charge in [0, 0.05) is 12.6 Å². The average Bonchev–Trinajstić information content (AvgIpc) is 2.31. The third-order valence-corrected chi connectivity index (χ3v) is 3.28. The molecule has 1 unspecified atom stereocenters. The summed E-state index contributed by atoms with van der Waals surface area (Å²) in [5, 5.41) is 12.4. The quantitative estimate of drug-likeness (QED) is 0.785. The minimum absolute atomic E-state index is 0.0997. The van der Waals surface area contributed by atoms with E-state index in [0.717, 1.165) is 25.1 Å². The van der Waals surface area contributed by atoms with Gasteiger partial charge >= 0.3 is 0 Å². The lowest BCUT2D eigenvalue weighted by Crippen LogP contribution is -2.40. The molecule has 4 nitrogen and oxygen atoms in total. The van der Waals surface area contributed by atoms with E-state index >= 15 is 0 Å². The normalized spacial score (nSPS) is 22.2. The summed E-state index contributed by atoms with van der Waals surface area (Å²) in [6.45, 7) is 4.94. The van der Waals surface area contributed by atoms with Crippen LogP contribution in [0, 0.1) is 11.3 Å². The number of nitrogens with zero attached hydrogens (tertiary/aromatic N) is 1. The molecule has 0 spiro atoms. The number of benzene rings is 1. The number of nitriles is 1. The van der Waals surface area contributed by atoms with Crippen molar-refractivity contribution in [3.63, 3.8) is 0 Å². The van der Waals surface area contributed by atoms with Gasteiger partial charge in [-0.1, -0.05) is 6.07 Å². The zero-order valence-corrected chi connectivity index (χ0v) is 10.9. The first-order chi connectivity index (χ1) is 8.52. The van der Waals surface area contributed by atoms with Gasteiger partial charge in [-0.25, -0.2) is 0 Å². The fraction of sp³-hybridized carbons (Fsp3) is 0.500. The molecule has 18 heavy (non-hydrogen) atoms. The van der Waals surface area contributed by atoms with Crippen LogP contribution in [0.3, 0.4) is 0 Å². The Morgan fingerprint density at radius 2 is 2.28 bits per heavy atom. The molecule has 1 saturated heterocycles. The molecule has 0 aliphatic carbocycles. The minimum Gasteiger partial charge on any atom is -0.396 e. The zero-order valence-electron chi connectivity index (χ0n) is 10.9. The number of nitrogens with one attached hydrogen (secondary N) is 1. The highest BCUT2D eigenvalue weighted by molar-refractivity contribution is 5.73. The van der Waals surface area contributed by atoms with Crippen LogP contribution in [-0.2, 0) is 4.74 Å². The molecular formula is C14H19N3O. The van der Waals surface area contributed by atoms with Crippen molar-refractivity contribution < 1.29 is 4.74 Å². The predicted octanol–water partition coefficient (Wildman–Crippen LogP) is 2.51. The zero-order chi connectivity index (χ0) is 13.2. The van der Waals surface area contributed by atoms with Crippen LogP contribution in [0.25, 0.3) is 0 Å². The molecule has 1 aliphatic rings. The maximum atomic E-state index is 8.95. The van der Waals surface area contributed by atoms with Gasteiger partial charge in [0.15, 0.2) is 0 Å². The summed E-state index contributed by atoms with van der Waals surface area (Å²) in [6.07, 6.45) is 1.89. The molecule has 0 aromatic heterocycles. The van der Waals surface area contributed by atoms with Crippen LogP contribution in [0.15, 0.2) is 18.2 Å². The summed E-state index contributed by atoms with van der Waals surface area (Å²) in [5.41, 5.74) is 7.76. The van der Waals surface area contributed by atoms with Crippen LogP contribution in [-0.4, -0.2) is 18.2 Å². The number of rotatable bonds is 2. The van der Waals surface area contributed by atoms with Crippen molar-refractivity contribution in [1.29, 1.82) is 5.26 Å². The van der Waals surface area contributed by atoms with Gasteiger partial charge in [0.25, 0.3) is 0 Å². The van der Waals surface area contributed by atoms with E-state index in [4.69, 9.17) is 15.7 Å². The van der Waals surface area contributed by atoms with Crippen LogP contribution in [0.4, 0.5) is 11.4 Å². The molecule has 1 aromatic rings.